The summed E-state index contributed by atoms with van der Waals surface area (Å²) in [5.41, 5.74) is 2.27. The van der Waals surface area contributed by atoms with Gasteiger partial charge in [-0.2, -0.15) is 0 Å². The van der Waals surface area contributed by atoms with E-state index >= 15 is 0 Å². The third kappa shape index (κ3) is 4.34. The molecule has 1 atom stereocenters. The molecule has 0 heterocycles. The van der Waals surface area contributed by atoms with Gasteiger partial charge in [-0.25, -0.2) is 0 Å². The molecule has 2 heteroatoms. The molecule has 19 heavy (non-hydrogen) atoms. The van der Waals surface area contributed by atoms with E-state index in [1.54, 1.807) is 0 Å². The van der Waals surface area contributed by atoms with Crippen molar-refractivity contribution in [2.24, 2.45) is 0 Å². The van der Waals surface area contributed by atoms with Crippen LogP contribution in [0, 0.1) is 0 Å². The second-order valence-electron chi connectivity index (χ2n) is 4.44. The lowest BCUT2D eigenvalue weighted by Gasteiger charge is -2.17. The van der Waals surface area contributed by atoms with Crippen molar-refractivity contribution >= 4 is 6.29 Å². The van der Waals surface area contributed by atoms with Crippen LogP contribution < -0.4 is 0 Å². The largest absolute Gasteiger partial charge is 0.369 e. The third-order valence-electron chi connectivity index (χ3n) is 3.01. The summed E-state index contributed by atoms with van der Waals surface area (Å²) in [6, 6.07) is 20.1. The van der Waals surface area contributed by atoms with E-state index < -0.39 is 0 Å². The summed E-state index contributed by atoms with van der Waals surface area (Å²) in [7, 11) is 0. The molecule has 0 N–H and O–H groups in total. The smallest absolute Gasteiger partial charge is 0.120 e. The van der Waals surface area contributed by atoms with Crippen molar-refractivity contribution in [3.63, 3.8) is 0 Å². The van der Waals surface area contributed by atoms with Crippen LogP contribution in [-0.4, -0.2) is 6.29 Å². The number of hydrogen-bond acceptors (Lipinski definition) is 2. The van der Waals surface area contributed by atoms with Crippen molar-refractivity contribution in [2.45, 2.75) is 25.6 Å². The average molecular weight is 254 g/mol. The first-order chi connectivity index (χ1) is 9.40. The number of hydrogen-bond donors (Lipinski definition) is 0. The van der Waals surface area contributed by atoms with Crippen LogP contribution >= 0.6 is 0 Å². The lowest BCUT2D eigenvalue weighted by Crippen LogP contribution is -2.05. The number of carbonyl (C=O) groups is 1. The molecule has 0 amide bonds. The first-order valence-corrected chi connectivity index (χ1v) is 6.54. The Morgan fingerprint density at radius 1 is 0.947 bits per heavy atom. The molecule has 0 saturated heterocycles. The van der Waals surface area contributed by atoms with E-state index in [1.165, 1.54) is 0 Å². The highest BCUT2D eigenvalue weighted by atomic mass is 16.5. The normalized spacial score (nSPS) is 12.0. The van der Waals surface area contributed by atoms with Crippen LogP contribution in [0.2, 0.25) is 0 Å². The second-order valence-corrected chi connectivity index (χ2v) is 4.44. The molecule has 2 nitrogen and oxygen atoms in total. The Kier molecular flexibility index (Phi) is 5.32. The quantitative estimate of drug-likeness (QED) is 0.700. The lowest BCUT2D eigenvalue weighted by atomic mass is 10.1. The lowest BCUT2D eigenvalue weighted by molar-refractivity contribution is -0.108. The van der Waals surface area contributed by atoms with Crippen LogP contribution in [0.5, 0.6) is 0 Å². The Bertz CT molecular complexity index is 479. The van der Waals surface area contributed by atoms with Gasteiger partial charge in [0.1, 0.15) is 6.29 Å². The summed E-state index contributed by atoms with van der Waals surface area (Å²) >= 11 is 0. The summed E-state index contributed by atoms with van der Waals surface area (Å²) in [6.45, 7) is 0.569. The van der Waals surface area contributed by atoms with Gasteiger partial charge in [-0.05, 0) is 17.5 Å². The van der Waals surface area contributed by atoms with E-state index in [0.29, 0.717) is 13.0 Å². The van der Waals surface area contributed by atoms with Gasteiger partial charge in [0.2, 0.25) is 0 Å². The average Bonchev–Trinajstić information content (AvgIpc) is 2.49. The molecule has 0 fully saturated rings. The zero-order valence-corrected chi connectivity index (χ0v) is 10.9. The molecular weight excluding hydrogens is 236 g/mol. The molecule has 2 aromatic carbocycles. The van der Waals surface area contributed by atoms with Crippen molar-refractivity contribution in [2.75, 3.05) is 0 Å². The SMILES string of the molecule is O=CCCC(OCc1ccccc1)c1ccccc1. The summed E-state index contributed by atoms with van der Waals surface area (Å²) < 4.78 is 5.96. The Balaban J connectivity index is 2.00. The summed E-state index contributed by atoms with van der Waals surface area (Å²) in [6.07, 6.45) is 2.17. The molecule has 1 unspecified atom stereocenters. The van der Waals surface area contributed by atoms with Crippen LogP contribution in [0.1, 0.15) is 30.1 Å². The zero-order valence-electron chi connectivity index (χ0n) is 10.9. The second kappa shape index (κ2) is 7.49. The van der Waals surface area contributed by atoms with E-state index in [-0.39, 0.29) is 6.10 Å². The van der Waals surface area contributed by atoms with E-state index in [1.807, 2.05) is 60.7 Å². The minimum absolute atomic E-state index is 0.0217. The minimum Gasteiger partial charge on any atom is -0.369 e. The molecule has 0 aromatic heterocycles. The maximum absolute atomic E-state index is 10.6. The third-order valence-corrected chi connectivity index (χ3v) is 3.01. The highest BCUT2D eigenvalue weighted by molar-refractivity contribution is 5.49. The van der Waals surface area contributed by atoms with Crippen molar-refractivity contribution in [3.05, 3.63) is 71.8 Å². The van der Waals surface area contributed by atoms with Crippen LogP contribution in [0.4, 0.5) is 0 Å². The highest BCUT2D eigenvalue weighted by Crippen LogP contribution is 2.23. The molecule has 0 bridgehead atoms. The fourth-order valence-electron chi connectivity index (χ4n) is 2.00. The summed E-state index contributed by atoms with van der Waals surface area (Å²) in [4.78, 5) is 10.6. The Hall–Kier alpha value is -1.93. The van der Waals surface area contributed by atoms with E-state index in [0.717, 1.165) is 23.8 Å². The number of rotatable bonds is 7. The van der Waals surface area contributed by atoms with Gasteiger partial charge in [0, 0.05) is 6.42 Å². The van der Waals surface area contributed by atoms with Crippen LogP contribution in [-0.2, 0) is 16.1 Å². The molecule has 0 aliphatic heterocycles. The first kappa shape index (κ1) is 13.5. The van der Waals surface area contributed by atoms with Crippen molar-refractivity contribution in [1.29, 1.82) is 0 Å². The topological polar surface area (TPSA) is 26.3 Å². The number of ether oxygens (including phenoxy) is 1. The van der Waals surface area contributed by atoms with E-state index in [4.69, 9.17) is 4.74 Å². The monoisotopic (exact) mass is 254 g/mol. The van der Waals surface area contributed by atoms with Gasteiger partial charge in [0.15, 0.2) is 0 Å². The van der Waals surface area contributed by atoms with Crippen LogP contribution in [0.3, 0.4) is 0 Å². The van der Waals surface area contributed by atoms with Gasteiger partial charge < -0.3 is 9.53 Å². The molecule has 2 rings (SSSR count). The zero-order chi connectivity index (χ0) is 13.3. The fourth-order valence-corrected chi connectivity index (χ4v) is 2.00. The molecule has 2 aromatic rings. The Labute approximate surface area is 114 Å². The van der Waals surface area contributed by atoms with Gasteiger partial charge in [-0.1, -0.05) is 60.7 Å². The Morgan fingerprint density at radius 3 is 2.21 bits per heavy atom. The number of carbonyl (C=O) groups excluding carboxylic acids is 1. The van der Waals surface area contributed by atoms with Crippen LogP contribution in [0.15, 0.2) is 60.7 Å². The molecule has 0 radical (unpaired) electrons. The molecule has 0 spiro atoms. The Morgan fingerprint density at radius 2 is 1.58 bits per heavy atom. The maximum atomic E-state index is 10.6. The fraction of sp³-hybridized carbons (Fsp3) is 0.235. The molecular formula is C17H18O2. The number of benzene rings is 2. The van der Waals surface area contributed by atoms with Gasteiger partial charge in [-0.3, -0.25) is 0 Å². The molecule has 0 saturated carbocycles. The van der Waals surface area contributed by atoms with E-state index in [9.17, 15) is 4.79 Å². The van der Waals surface area contributed by atoms with Gasteiger partial charge in [0.05, 0.1) is 12.7 Å². The molecule has 98 valence electrons. The molecule has 0 aliphatic carbocycles. The van der Waals surface area contributed by atoms with Gasteiger partial charge in [-0.15, -0.1) is 0 Å². The summed E-state index contributed by atoms with van der Waals surface area (Å²) in [5, 5.41) is 0. The minimum atomic E-state index is -0.0217. The molecule has 0 aliphatic rings. The standard InChI is InChI=1S/C17H18O2/c18-13-7-12-17(16-10-5-2-6-11-16)19-14-15-8-3-1-4-9-15/h1-6,8-11,13,17H,7,12,14H2. The van der Waals surface area contributed by atoms with Crippen molar-refractivity contribution in [3.8, 4) is 0 Å². The summed E-state index contributed by atoms with van der Waals surface area (Å²) in [5.74, 6) is 0. The maximum Gasteiger partial charge on any atom is 0.120 e. The highest BCUT2D eigenvalue weighted by Gasteiger charge is 2.11. The van der Waals surface area contributed by atoms with Crippen molar-refractivity contribution in [1.82, 2.24) is 0 Å². The van der Waals surface area contributed by atoms with Gasteiger partial charge in [0.25, 0.3) is 0 Å². The number of aldehydes is 1. The predicted octanol–water partition coefficient (Wildman–Crippen LogP) is 3.92. The first-order valence-electron chi connectivity index (χ1n) is 6.54. The van der Waals surface area contributed by atoms with Crippen LogP contribution in [0.25, 0.3) is 0 Å². The van der Waals surface area contributed by atoms with E-state index in [2.05, 4.69) is 0 Å². The predicted molar refractivity (Wildman–Crippen MR) is 75.7 cm³/mol. The van der Waals surface area contributed by atoms with Crippen molar-refractivity contribution < 1.29 is 9.53 Å². The van der Waals surface area contributed by atoms with Gasteiger partial charge >= 0.3 is 0 Å².